The first-order chi connectivity index (χ1) is 7.13. The van der Waals surface area contributed by atoms with Gasteiger partial charge in [-0.2, -0.15) is 0 Å². The first-order valence-corrected chi connectivity index (χ1v) is 5.67. The lowest BCUT2D eigenvalue weighted by atomic mass is 10.5. The molecule has 1 N–H and O–H groups in total. The van der Waals surface area contributed by atoms with Crippen LogP contribution in [0.25, 0.3) is 0 Å². The van der Waals surface area contributed by atoms with Crippen molar-refractivity contribution in [3.05, 3.63) is 0 Å². The molecule has 0 heterocycles. The lowest BCUT2D eigenvalue weighted by Crippen LogP contribution is -2.29. The molecular weight excluding hydrogens is 192 g/mol. The number of nitrogens with zero attached hydrogens (tertiary/aromatic N) is 1. The van der Waals surface area contributed by atoms with Gasteiger partial charge in [0.05, 0.1) is 25.9 Å². The zero-order valence-corrected chi connectivity index (χ0v) is 10.6. The van der Waals surface area contributed by atoms with E-state index in [-0.39, 0.29) is 0 Å². The van der Waals surface area contributed by atoms with Crippen LogP contribution in [0.4, 0.5) is 0 Å². The third-order valence-corrected chi connectivity index (χ3v) is 1.84. The SMILES string of the molecule is CC(C)OCCOCCNCCN(C)C. The molecule has 0 saturated heterocycles. The number of hydrogen-bond acceptors (Lipinski definition) is 4. The van der Waals surface area contributed by atoms with Crippen LogP contribution in [0.1, 0.15) is 13.8 Å². The number of ether oxygens (including phenoxy) is 2. The van der Waals surface area contributed by atoms with Crippen molar-refractivity contribution in [1.82, 2.24) is 10.2 Å². The van der Waals surface area contributed by atoms with E-state index in [1.54, 1.807) is 0 Å². The summed E-state index contributed by atoms with van der Waals surface area (Å²) < 4.78 is 10.7. The molecule has 0 spiro atoms. The molecule has 0 aromatic carbocycles. The van der Waals surface area contributed by atoms with Crippen LogP contribution in [0.2, 0.25) is 0 Å². The van der Waals surface area contributed by atoms with Gasteiger partial charge in [-0.25, -0.2) is 0 Å². The van der Waals surface area contributed by atoms with Gasteiger partial charge in [0.25, 0.3) is 0 Å². The highest BCUT2D eigenvalue weighted by Crippen LogP contribution is 1.86. The Kier molecular flexibility index (Phi) is 10.3. The molecule has 4 nitrogen and oxygen atoms in total. The average molecular weight is 218 g/mol. The lowest BCUT2D eigenvalue weighted by Gasteiger charge is -2.11. The largest absolute Gasteiger partial charge is 0.378 e. The molecule has 15 heavy (non-hydrogen) atoms. The minimum atomic E-state index is 0.298. The second kappa shape index (κ2) is 10.4. The van der Waals surface area contributed by atoms with Gasteiger partial charge in [0.1, 0.15) is 0 Å². The van der Waals surface area contributed by atoms with E-state index in [1.807, 2.05) is 13.8 Å². The van der Waals surface area contributed by atoms with E-state index in [4.69, 9.17) is 9.47 Å². The zero-order valence-electron chi connectivity index (χ0n) is 10.6. The van der Waals surface area contributed by atoms with Crippen LogP contribution in [0.5, 0.6) is 0 Å². The quantitative estimate of drug-likeness (QED) is 0.544. The van der Waals surface area contributed by atoms with Gasteiger partial charge in [-0.05, 0) is 27.9 Å². The van der Waals surface area contributed by atoms with Gasteiger partial charge in [-0.15, -0.1) is 0 Å². The summed E-state index contributed by atoms with van der Waals surface area (Å²) in [5.74, 6) is 0. The zero-order chi connectivity index (χ0) is 11.5. The second-order valence-electron chi connectivity index (χ2n) is 4.09. The Hall–Kier alpha value is -0.160. The van der Waals surface area contributed by atoms with Crippen molar-refractivity contribution in [2.45, 2.75) is 20.0 Å². The average Bonchev–Trinajstić information content (AvgIpc) is 2.14. The summed E-state index contributed by atoms with van der Waals surface area (Å²) in [5, 5.41) is 3.31. The van der Waals surface area contributed by atoms with Crippen LogP contribution in [-0.4, -0.2) is 64.6 Å². The molecule has 0 aliphatic rings. The summed E-state index contributed by atoms with van der Waals surface area (Å²) in [4.78, 5) is 2.16. The van der Waals surface area contributed by atoms with Crippen molar-refractivity contribution >= 4 is 0 Å². The molecule has 0 aliphatic heterocycles. The van der Waals surface area contributed by atoms with E-state index in [0.717, 1.165) is 26.2 Å². The van der Waals surface area contributed by atoms with Crippen LogP contribution in [0.3, 0.4) is 0 Å². The van der Waals surface area contributed by atoms with E-state index >= 15 is 0 Å². The van der Waals surface area contributed by atoms with E-state index < -0.39 is 0 Å². The van der Waals surface area contributed by atoms with Crippen LogP contribution in [0, 0.1) is 0 Å². The number of hydrogen-bond donors (Lipinski definition) is 1. The Morgan fingerprint density at radius 3 is 2.40 bits per heavy atom. The molecule has 0 unspecified atom stereocenters. The molecule has 0 amide bonds. The molecule has 0 aromatic rings. The van der Waals surface area contributed by atoms with Gasteiger partial charge < -0.3 is 19.7 Å². The fourth-order valence-corrected chi connectivity index (χ4v) is 1.02. The predicted molar refractivity (Wildman–Crippen MR) is 63.3 cm³/mol. The van der Waals surface area contributed by atoms with E-state index in [2.05, 4.69) is 24.3 Å². The Balaban J connectivity index is 2.93. The molecule has 0 fully saturated rings. The van der Waals surface area contributed by atoms with Crippen molar-refractivity contribution < 1.29 is 9.47 Å². The molecule has 0 aliphatic carbocycles. The van der Waals surface area contributed by atoms with Crippen LogP contribution in [0.15, 0.2) is 0 Å². The van der Waals surface area contributed by atoms with E-state index in [9.17, 15) is 0 Å². The first-order valence-electron chi connectivity index (χ1n) is 5.67. The van der Waals surface area contributed by atoms with Gasteiger partial charge in [0.15, 0.2) is 0 Å². The maximum atomic E-state index is 5.39. The van der Waals surface area contributed by atoms with Crippen LogP contribution in [-0.2, 0) is 9.47 Å². The second-order valence-corrected chi connectivity index (χ2v) is 4.09. The smallest absolute Gasteiger partial charge is 0.0703 e. The van der Waals surface area contributed by atoms with Crippen molar-refractivity contribution in [2.75, 3.05) is 53.6 Å². The summed E-state index contributed by atoms with van der Waals surface area (Å²) in [7, 11) is 4.14. The third kappa shape index (κ3) is 13.8. The summed E-state index contributed by atoms with van der Waals surface area (Å²) >= 11 is 0. The highest BCUT2D eigenvalue weighted by atomic mass is 16.5. The minimum Gasteiger partial charge on any atom is -0.378 e. The van der Waals surface area contributed by atoms with E-state index in [1.165, 1.54) is 0 Å². The van der Waals surface area contributed by atoms with E-state index in [0.29, 0.717) is 19.3 Å². The van der Waals surface area contributed by atoms with Crippen molar-refractivity contribution in [1.29, 1.82) is 0 Å². The molecule has 0 radical (unpaired) electrons. The Labute approximate surface area is 93.9 Å². The van der Waals surface area contributed by atoms with Gasteiger partial charge in [0.2, 0.25) is 0 Å². The maximum Gasteiger partial charge on any atom is 0.0703 e. The standard InChI is InChI=1S/C11H26N2O2/c1-11(2)15-10-9-14-8-6-12-5-7-13(3)4/h11-12H,5-10H2,1-4H3. The highest BCUT2D eigenvalue weighted by Gasteiger charge is 1.93. The maximum absolute atomic E-state index is 5.39. The minimum absolute atomic E-state index is 0.298. The normalized spacial score (nSPS) is 11.6. The Bertz CT molecular complexity index is 116. The number of rotatable bonds is 10. The molecule has 0 atom stereocenters. The predicted octanol–water partition coefficient (Wildman–Crippen LogP) is 0.579. The summed E-state index contributed by atoms with van der Waals surface area (Å²) in [6.07, 6.45) is 0.298. The van der Waals surface area contributed by atoms with Gasteiger partial charge in [-0.1, -0.05) is 0 Å². The van der Waals surface area contributed by atoms with Crippen LogP contribution >= 0.6 is 0 Å². The summed E-state index contributed by atoms with van der Waals surface area (Å²) in [5.41, 5.74) is 0. The number of nitrogens with one attached hydrogen (secondary N) is 1. The molecule has 0 bridgehead atoms. The Morgan fingerprint density at radius 2 is 1.80 bits per heavy atom. The van der Waals surface area contributed by atoms with Crippen molar-refractivity contribution in [2.24, 2.45) is 0 Å². The molecule has 92 valence electrons. The molecule has 0 aromatic heterocycles. The summed E-state index contributed by atoms with van der Waals surface area (Å²) in [6.45, 7) is 9.19. The first kappa shape index (κ1) is 14.8. The molecular formula is C11H26N2O2. The molecule has 0 rings (SSSR count). The molecule has 0 saturated carbocycles. The summed E-state index contributed by atoms with van der Waals surface area (Å²) in [6, 6.07) is 0. The lowest BCUT2D eigenvalue weighted by molar-refractivity contribution is 0.0204. The monoisotopic (exact) mass is 218 g/mol. The van der Waals surface area contributed by atoms with Crippen molar-refractivity contribution in [3.63, 3.8) is 0 Å². The van der Waals surface area contributed by atoms with Gasteiger partial charge in [0, 0.05) is 19.6 Å². The Morgan fingerprint density at radius 1 is 1.07 bits per heavy atom. The highest BCUT2D eigenvalue weighted by molar-refractivity contribution is 4.49. The topological polar surface area (TPSA) is 33.7 Å². The van der Waals surface area contributed by atoms with Gasteiger partial charge in [-0.3, -0.25) is 0 Å². The van der Waals surface area contributed by atoms with Crippen molar-refractivity contribution in [3.8, 4) is 0 Å². The van der Waals surface area contributed by atoms with Crippen LogP contribution < -0.4 is 5.32 Å². The fraction of sp³-hybridized carbons (Fsp3) is 1.00. The molecule has 4 heteroatoms. The third-order valence-electron chi connectivity index (χ3n) is 1.84. The van der Waals surface area contributed by atoms with Gasteiger partial charge >= 0.3 is 0 Å². The number of likely N-dealkylation sites (N-methyl/N-ethyl adjacent to an activating group) is 1. The fourth-order valence-electron chi connectivity index (χ4n) is 1.02.